The number of benzene rings is 2. The number of anilines is 1. The highest BCUT2D eigenvalue weighted by molar-refractivity contribution is 5.89. The van der Waals surface area contributed by atoms with Crippen molar-refractivity contribution >= 4 is 22.5 Å². The minimum Gasteiger partial charge on any atom is -0.497 e. The van der Waals surface area contributed by atoms with Gasteiger partial charge in [-0.2, -0.15) is 0 Å². The Bertz CT molecular complexity index is 1080. The molecule has 3 rings (SSSR count). The molecule has 3 aromatic rings. The predicted octanol–water partition coefficient (Wildman–Crippen LogP) is 4.09. The lowest BCUT2D eigenvalue weighted by molar-refractivity contribution is -0.114. The first kappa shape index (κ1) is 20.5. The Kier molecular flexibility index (Phi) is 6.26. The van der Waals surface area contributed by atoms with Gasteiger partial charge in [-0.15, -0.1) is 0 Å². The van der Waals surface area contributed by atoms with Crippen molar-refractivity contribution in [2.75, 3.05) is 26.5 Å². The van der Waals surface area contributed by atoms with Crippen LogP contribution in [0.1, 0.15) is 30.7 Å². The number of hydrogen-bond donors (Lipinski definition) is 1. The van der Waals surface area contributed by atoms with Crippen LogP contribution in [0.5, 0.6) is 5.75 Å². The van der Waals surface area contributed by atoms with Crippen molar-refractivity contribution in [1.29, 1.82) is 0 Å². The predicted molar refractivity (Wildman–Crippen MR) is 118 cm³/mol. The Labute approximate surface area is 172 Å². The average molecular weight is 389 g/mol. The Morgan fingerprint density at radius 2 is 1.86 bits per heavy atom. The summed E-state index contributed by atoms with van der Waals surface area (Å²) in [4.78, 5) is 13.3. The molecule has 1 heterocycles. The smallest absolute Gasteiger partial charge is 0.221 e. The van der Waals surface area contributed by atoms with Gasteiger partial charge in [0.1, 0.15) is 5.75 Å². The molecule has 0 saturated carbocycles. The van der Waals surface area contributed by atoms with E-state index in [0.717, 1.165) is 41.3 Å². The molecule has 0 radical (unpaired) electrons. The standard InChI is InChI=1S/C24H27N3O2/c1-6-27-23(14-9-18-7-10-19(11-8-18)25-17(2)28)22(16-26(3)4)21-13-12-20(29-5)15-24(21)27/h7-8,10-13,15H,6,16H2,1-5H3,(H,25,28). The van der Waals surface area contributed by atoms with E-state index in [1.54, 1.807) is 7.11 Å². The molecular formula is C24H27N3O2. The Morgan fingerprint density at radius 1 is 1.14 bits per heavy atom. The Balaban J connectivity index is 2.08. The van der Waals surface area contributed by atoms with Crippen molar-refractivity contribution in [1.82, 2.24) is 9.47 Å². The van der Waals surface area contributed by atoms with Crippen molar-refractivity contribution in [3.8, 4) is 17.6 Å². The molecule has 5 nitrogen and oxygen atoms in total. The van der Waals surface area contributed by atoms with Crippen LogP contribution < -0.4 is 10.1 Å². The third-order valence-electron chi connectivity index (χ3n) is 4.70. The number of hydrogen-bond acceptors (Lipinski definition) is 3. The van der Waals surface area contributed by atoms with E-state index in [1.807, 2.05) is 30.3 Å². The Morgan fingerprint density at radius 3 is 2.45 bits per heavy atom. The molecule has 0 atom stereocenters. The molecule has 1 amide bonds. The zero-order valence-electron chi connectivity index (χ0n) is 17.7. The summed E-state index contributed by atoms with van der Waals surface area (Å²) >= 11 is 0. The number of fused-ring (bicyclic) bond motifs is 1. The molecule has 1 N–H and O–H groups in total. The highest BCUT2D eigenvalue weighted by Gasteiger charge is 2.16. The van der Waals surface area contributed by atoms with Gasteiger partial charge in [-0.3, -0.25) is 4.79 Å². The highest BCUT2D eigenvalue weighted by atomic mass is 16.5. The topological polar surface area (TPSA) is 46.5 Å². The second kappa shape index (κ2) is 8.85. The summed E-state index contributed by atoms with van der Waals surface area (Å²) in [5.74, 6) is 7.44. The Hall–Kier alpha value is -3.23. The average Bonchev–Trinajstić information content (AvgIpc) is 2.98. The van der Waals surface area contributed by atoms with Crippen molar-refractivity contribution < 1.29 is 9.53 Å². The maximum atomic E-state index is 11.2. The quantitative estimate of drug-likeness (QED) is 0.669. The number of carbonyl (C=O) groups excluding carboxylic acids is 1. The largest absolute Gasteiger partial charge is 0.497 e. The van der Waals surface area contributed by atoms with Gasteiger partial charge in [-0.25, -0.2) is 0 Å². The van der Waals surface area contributed by atoms with Crippen LogP contribution in [0, 0.1) is 11.8 Å². The normalized spacial score (nSPS) is 10.7. The van der Waals surface area contributed by atoms with E-state index in [1.165, 1.54) is 17.9 Å². The molecule has 29 heavy (non-hydrogen) atoms. The van der Waals surface area contributed by atoms with Gasteiger partial charge in [-0.1, -0.05) is 5.92 Å². The zero-order chi connectivity index (χ0) is 21.0. The molecule has 2 aromatic carbocycles. The van der Waals surface area contributed by atoms with Crippen molar-refractivity contribution in [3.05, 3.63) is 59.3 Å². The SMILES string of the molecule is CCn1c(C#Cc2ccc(NC(C)=O)cc2)c(CN(C)C)c2ccc(OC)cc21. The molecule has 5 heteroatoms. The number of ether oxygens (including phenoxy) is 1. The summed E-state index contributed by atoms with van der Waals surface area (Å²) < 4.78 is 7.68. The minimum absolute atomic E-state index is 0.0833. The van der Waals surface area contributed by atoms with Crippen molar-refractivity contribution in [2.45, 2.75) is 26.9 Å². The summed E-state index contributed by atoms with van der Waals surface area (Å²) in [6, 6.07) is 13.8. The van der Waals surface area contributed by atoms with Crippen LogP contribution in [0.25, 0.3) is 10.9 Å². The second-order valence-electron chi connectivity index (χ2n) is 7.20. The van der Waals surface area contributed by atoms with Crippen LogP contribution in [0.15, 0.2) is 42.5 Å². The lowest BCUT2D eigenvalue weighted by atomic mass is 10.1. The molecular weight excluding hydrogens is 362 g/mol. The van der Waals surface area contributed by atoms with Gasteiger partial charge in [0.2, 0.25) is 5.91 Å². The summed E-state index contributed by atoms with van der Waals surface area (Å²) in [5.41, 5.74) is 5.05. The molecule has 0 saturated heterocycles. The second-order valence-corrected chi connectivity index (χ2v) is 7.20. The fourth-order valence-corrected chi connectivity index (χ4v) is 3.45. The van der Waals surface area contributed by atoms with Gasteiger partial charge in [0.15, 0.2) is 0 Å². The van der Waals surface area contributed by atoms with Gasteiger partial charge in [0.05, 0.1) is 18.3 Å². The van der Waals surface area contributed by atoms with Crippen LogP contribution in [0.4, 0.5) is 5.69 Å². The monoisotopic (exact) mass is 389 g/mol. The number of carbonyl (C=O) groups is 1. The van der Waals surface area contributed by atoms with Gasteiger partial charge in [0, 0.05) is 48.3 Å². The number of rotatable bonds is 5. The molecule has 0 fully saturated rings. The van der Waals surface area contributed by atoms with E-state index in [0.29, 0.717) is 0 Å². The summed E-state index contributed by atoms with van der Waals surface area (Å²) in [6.07, 6.45) is 0. The fraction of sp³-hybridized carbons (Fsp3) is 0.292. The number of nitrogens with one attached hydrogen (secondary N) is 1. The molecule has 0 bridgehead atoms. The van der Waals surface area contributed by atoms with Gasteiger partial charge in [-0.05, 0) is 63.3 Å². The van der Waals surface area contributed by atoms with Crippen molar-refractivity contribution in [3.63, 3.8) is 0 Å². The highest BCUT2D eigenvalue weighted by Crippen LogP contribution is 2.30. The molecule has 1 aromatic heterocycles. The molecule has 150 valence electrons. The minimum atomic E-state index is -0.0833. The molecule has 0 aliphatic rings. The third kappa shape index (κ3) is 4.61. The van der Waals surface area contributed by atoms with E-state index in [9.17, 15) is 4.79 Å². The van der Waals surface area contributed by atoms with E-state index in [2.05, 4.69) is 59.8 Å². The first-order valence-corrected chi connectivity index (χ1v) is 9.66. The molecule has 0 aliphatic heterocycles. The van der Waals surface area contributed by atoms with Crippen LogP contribution in [-0.4, -0.2) is 36.6 Å². The van der Waals surface area contributed by atoms with Crippen LogP contribution >= 0.6 is 0 Å². The van der Waals surface area contributed by atoms with Crippen LogP contribution in [-0.2, 0) is 17.9 Å². The van der Waals surface area contributed by atoms with E-state index >= 15 is 0 Å². The lowest BCUT2D eigenvalue weighted by Gasteiger charge is -2.10. The number of amides is 1. The number of aryl methyl sites for hydroxylation is 1. The lowest BCUT2D eigenvalue weighted by Crippen LogP contribution is -2.12. The fourth-order valence-electron chi connectivity index (χ4n) is 3.45. The maximum absolute atomic E-state index is 11.2. The van der Waals surface area contributed by atoms with Gasteiger partial charge < -0.3 is 19.5 Å². The molecule has 0 aliphatic carbocycles. The molecule has 0 spiro atoms. The molecule has 0 unspecified atom stereocenters. The third-order valence-corrected chi connectivity index (χ3v) is 4.70. The van der Waals surface area contributed by atoms with Crippen molar-refractivity contribution in [2.24, 2.45) is 0 Å². The van der Waals surface area contributed by atoms with E-state index in [-0.39, 0.29) is 5.91 Å². The van der Waals surface area contributed by atoms with Gasteiger partial charge >= 0.3 is 0 Å². The number of nitrogens with zero attached hydrogens (tertiary/aromatic N) is 2. The first-order valence-electron chi connectivity index (χ1n) is 9.66. The van der Waals surface area contributed by atoms with Gasteiger partial charge in [0.25, 0.3) is 0 Å². The number of aromatic nitrogens is 1. The zero-order valence-corrected chi connectivity index (χ0v) is 17.7. The summed E-state index contributed by atoms with van der Waals surface area (Å²) in [7, 11) is 5.82. The number of methoxy groups -OCH3 is 1. The van der Waals surface area contributed by atoms with Crippen LogP contribution in [0.3, 0.4) is 0 Å². The first-order chi connectivity index (χ1) is 13.9. The van der Waals surface area contributed by atoms with Crippen LogP contribution in [0.2, 0.25) is 0 Å². The maximum Gasteiger partial charge on any atom is 0.221 e. The summed E-state index contributed by atoms with van der Waals surface area (Å²) in [5, 5.41) is 3.98. The van der Waals surface area contributed by atoms with E-state index in [4.69, 9.17) is 4.74 Å². The summed E-state index contributed by atoms with van der Waals surface area (Å²) in [6.45, 7) is 5.26. The van der Waals surface area contributed by atoms with E-state index < -0.39 is 0 Å².